The zero-order valence-corrected chi connectivity index (χ0v) is 17.7. The third kappa shape index (κ3) is 5.93. The number of hydrogen-bond acceptors (Lipinski definition) is 5. The molecule has 1 fully saturated rings. The Bertz CT molecular complexity index is 813. The molecule has 2 atom stereocenters. The van der Waals surface area contributed by atoms with Gasteiger partial charge in [-0.2, -0.15) is 0 Å². The smallest absolute Gasteiger partial charge is 0.327 e. The fraction of sp³-hybridized carbons (Fsp3) is 0.500. The van der Waals surface area contributed by atoms with E-state index in [2.05, 4.69) is 10.6 Å². The lowest BCUT2D eigenvalue weighted by Crippen LogP contribution is -2.44. The number of urea groups is 1. The van der Waals surface area contributed by atoms with Gasteiger partial charge in [0, 0.05) is 10.7 Å². The Morgan fingerprint density at radius 2 is 1.97 bits per heavy atom. The second-order valence-corrected chi connectivity index (χ2v) is 8.15. The summed E-state index contributed by atoms with van der Waals surface area (Å²) in [7, 11) is 0. The van der Waals surface area contributed by atoms with Gasteiger partial charge in [0.15, 0.2) is 6.10 Å². The van der Waals surface area contributed by atoms with E-state index in [0.29, 0.717) is 23.0 Å². The Morgan fingerprint density at radius 3 is 2.59 bits per heavy atom. The van der Waals surface area contributed by atoms with E-state index in [1.807, 2.05) is 13.8 Å². The topological polar surface area (TPSA) is 105 Å². The molecule has 1 aromatic carbocycles. The van der Waals surface area contributed by atoms with Crippen molar-refractivity contribution in [3.8, 4) is 0 Å². The molecule has 158 valence electrons. The van der Waals surface area contributed by atoms with Gasteiger partial charge in [0.2, 0.25) is 0 Å². The van der Waals surface area contributed by atoms with Crippen LogP contribution in [0.3, 0.4) is 0 Å². The Kier molecular flexibility index (Phi) is 7.24. The summed E-state index contributed by atoms with van der Waals surface area (Å²) in [6.07, 6.45) is 0.107. The number of esters is 1. The van der Waals surface area contributed by atoms with Gasteiger partial charge >= 0.3 is 12.0 Å². The molecule has 0 aromatic heterocycles. The molecule has 1 saturated heterocycles. The molecule has 29 heavy (non-hydrogen) atoms. The van der Waals surface area contributed by atoms with Crippen molar-refractivity contribution in [1.29, 1.82) is 0 Å². The number of benzene rings is 1. The number of nitrogens with zero attached hydrogens (tertiary/aromatic N) is 1. The number of ether oxygens (including phenoxy) is 1. The lowest BCUT2D eigenvalue weighted by Gasteiger charge is -2.22. The Hall–Kier alpha value is -2.61. The van der Waals surface area contributed by atoms with Crippen LogP contribution >= 0.6 is 11.6 Å². The summed E-state index contributed by atoms with van der Waals surface area (Å²) in [5.74, 6) is -1.51. The summed E-state index contributed by atoms with van der Waals surface area (Å²) >= 11 is 5.87. The first-order valence-electron chi connectivity index (χ1n) is 9.42. The second-order valence-electron chi connectivity index (χ2n) is 7.72. The number of carbonyl (C=O) groups excluding carboxylic acids is 4. The maximum Gasteiger partial charge on any atom is 0.327 e. The predicted octanol–water partition coefficient (Wildman–Crippen LogP) is 2.96. The number of anilines is 1. The first-order chi connectivity index (χ1) is 13.5. The van der Waals surface area contributed by atoms with Crippen LogP contribution in [0.25, 0.3) is 0 Å². The van der Waals surface area contributed by atoms with Crippen LogP contribution < -0.4 is 10.6 Å². The van der Waals surface area contributed by atoms with Crippen molar-refractivity contribution in [2.24, 2.45) is 5.92 Å². The molecule has 0 bridgehead atoms. The van der Waals surface area contributed by atoms with Crippen LogP contribution in [0.1, 0.15) is 40.5 Å². The van der Waals surface area contributed by atoms with Crippen molar-refractivity contribution in [2.45, 2.75) is 52.2 Å². The molecule has 1 aliphatic heterocycles. The molecule has 0 spiro atoms. The summed E-state index contributed by atoms with van der Waals surface area (Å²) in [5.41, 5.74) is -0.586. The van der Waals surface area contributed by atoms with Crippen LogP contribution in [0.4, 0.5) is 10.5 Å². The van der Waals surface area contributed by atoms with Crippen LogP contribution in [0.2, 0.25) is 5.02 Å². The number of halogens is 1. The minimum absolute atomic E-state index is 0.370. The first-order valence-corrected chi connectivity index (χ1v) is 9.79. The third-order valence-corrected chi connectivity index (χ3v) is 4.86. The second kappa shape index (κ2) is 9.26. The summed E-state index contributed by atoms with van der Waals surface area (Å²) in [6.45, 7) is 6.53. The Morgan fingerprint density at radius 1 is 1.28 bits per heavy atom. The number of rotatable bonds is 8. The molecule has 0 radical (unpaired) electrons. The predicted molar refractivity (Wildman–Crippen MR) is 108 cm³/mol. The van der Waals surface area contributed by atoms with Gasteiger partial charge < -0.3 is 15.4 Å². The molecule has 1 heterocycles. The van der Waals surface area contributed by atoms with Gasteiger partial charge in [0.05, 0.1) is 0 Å². The molecule has 8 nitrogen and oxygen atoms in total. The normalized spacial score (nSPS) is 19.9. The van der Waals surface area contributed by atoms with Crippen molar-refractivity contribution >= 4 is 41.1 Å². The minimum atomic E-state index is -1.12. The summed E-state index contributed by atoms with van der Waals surface area (Å²) < 4.78 is 5.08. The van der Waals surface area contributed by atoms with Gasteiger partial charge in [-0.05, 0) is 50.8 Å². The highest BCUT2D eigenvalue weighted by Crippen LogP contribution is 2.24. The molecule has 1 aliphatic rings. The molecule has 2 N–H and O–H groups in total. The highest BCUT2D eigenvalue weighted by molar-refractivity contribution is 6.30. The van der Waals surface area contributed by atoms with Gasteiger partial charge in [-0.25, -0.2) is 4.79 Å². The highest BCUT2D eigenvalue weighted by atomic mass is 35.5. The fourth-order valence-electron chi connectivity index (χ4n) is 2.86. The van der Waals surface area contributed by atoms with Crippen LogP contribution in [0, 0.1) is 5.92 Å². The lowest BCUT2D eigenvalue weighted by atomic mass is 9.92. The molecule has 0 saturated carbocycles. The van der Waals surface area contributed by atoms with E-state index in [1.54, 1.807) is 31.2 Å². The van der Waals surface area contributed by atoms with Gasteiger partial charge in [0.25, 0.3) is 11.8 Å². The fourth-order valence-corrected chi connectivity index (χ4v) is 3.05. The SMILES string of the molecule is CC(C)CC[C@@]1(C)NC(=O)N(CC(=O)O[C@H](C)C(=O)Nc2cccc(Cl)c2)C1=O. The van der Waals surface area contributed by atoms with Gasteiger partial charge in [-0.3, -0.25) is 19.3 Å². The van der Waals surface area contributed by atoms with E-state index in [1.165, 1.54) is 6.92 Å². The first kappa shape index (κ1) is 22.7. The van der Waals surface area contributed by atoms with Crippen molar-refractivity contribution in [3.05, 3.63) is 29.3 Å². The Labute approximate surface area is 174 Å². The average Bonchev–Trinajstić information content (AvgIpc) is 2.83. The number of nitrogens with one attached hydrogen (secondary N) is 2. The standard InChI is InChI=1S/C20H26ClN3O5/c1-12(2)8-9-20(4)18(27)24(19(28)23-20)11-16(25)29-13(3)17(26)22-15-7-5-6-14(21)10-15/h5-7,10,12-13H,8-9,11H2,1-4H3,(H,22,26)(H,23,28)/t13-,20-/m1/s1. The lowest BCUT2D eigenvalue weighted by molar-refractivity contribution is -0.155. The molecule has 2 rings (SSSR count). The van der Waals surface area contributed by atoms with Crippen LogP contribution in [-0.2, 0) is 19.1 Å². The quantitative estimate of drug-likeness (QED) is 0.494. The van der Waals surface area contributed by atoms with Crippen LogP contribution in [0.5, 0.6) is 0 Å². The number of carbonyl (C=O) groups is 4. The van der Waals surface area contributed by atoms with Crippen molar-refractivity contribution < 1.29 is 23.9 Å². The molecule has 9 heteroatoms. The summed E-state index contributed by atoms with van der Waals surface area (Å²) in [4.78, 5) is 50.0. The van der Waals surface area contributed by atoms with Gasteiger partial charge in [-0.1, -0.05) is 31.5 Å². The maximum absolute atomic E-state index is 12.6. The summed E-state index contributed by atoms with van der Waals surface area (Å²) in [5, 5.41) is 5.67. The number of hydrogen-bond donors (Lipinski definition) is 2. The van der Waals surface area contributed by atoms with Crippen LogP contribution in [0.15, 0.2) is 24.3 Å². The van der Waals surface area contributed by atoms with Gasteiger partial charge in [-0.15, -0.1) is 0 Å². The Balaban J connectivity index is 1.91. The monoisotopic (exact) mass is 423 g/mol. The highest BCUT2D eigenvalue weighted by Gasteiger charge is 2.48. The van der Waals surface area contributed by atoms with Crippen LogP contribution in [-0.4, -0.2) is 46.9 Å². The van der Waals surface area contributed by atoms with Gasteiger partial charge in [0.1, 0.15) is 12.1 Å². The zero-order valence-electron chi connectivity index (χ0n) is 17.0. The van der Waals surface area contributed by atoms with E-state index in [-0.39, 0.29) is 0 Å². The van der Waals surface area contributed by atoms with E-state index in [9.17, 15) is 19.2 Å². The molecular weight excluding hydrogens is 398 g/mol. The molecule has 0 aliphatic carbocycles. The van der Waals surface area contributed by atoms with E-state index < -0.39 is 42.0 Å². The van der Waals surface area contributed by atoms with Crippen molar-refractivity contribution in [2.75, 3.05) is 11.9 Å². The summed E-state index contributed by atoms with van der Waals surface area (Å²) in [6, 6.07) is 5.88. The number of imide groups is 1. The zero-order chi connectivity index (χ0) is 21.8. The van der Waals surface area contributed by atoms with Crippen molar-refractivity contribution in [1.82, 2.24) is 10.2 Å². The minimum Gasteiger partial charge on any atom is -0.451 e. The molecule has 0 unspecified atom stereocenters. The molecule has 1 aromatic rings. The van der Waals surface area contributed by atoms with Crippen molar-refractivity contribution in [3.63, 3.8) is 0 Å². The third-order valence-electron chi connectivity index (χ3n) is 4.62. The van der Waals surface area contributed by atoms with E-state index in [4.69, 9.17) is 16.3 Å². The largest absolute Gasteiger partial charge is 0.451 e. The van der Waals surface area contributed by atoms with E-state index >= 15 is 0 Å². The number of amides is 4. The maximum atomic E-state index is 12.6. The molecular formula is C20H26ClN3O5. The molecule has 4 amide bonds. The average molecular weight is 424 g/mol. The van der Waals surface area contributed by atoms with E-state index in [0.717, 1.165) is 11.3 Å².